The van der Waals surface area contributed by atoms with Crippen LogP contribution in [0.1, 0.15) is 79.4 Å². The van der Waals surface area contributed by atoms with Crippen LogP contribution >= 0.6 is 11.3 Å². The van der Waals surface area contributed by atoms with Gasteiger partial charge in [-0.1, -0.05) is 13.3 Å². The Morgan fingerprint density at radius 1 is 1.22 bits per heavy atom. The molecular formula is C15H24N2S. The Bertz CT molecular complexity index is 405. The van der Waals surface area contributed by atoms with E-state index < -0.39 is 0 Å². The number of hydrogen-bond acceptors (Lipinski definition) is 3. The highest BCUT2D eigenvalue weighted by Gasteiger charge is 2.27. The first-order valence-electron chi connectivity index (χ1n) is 7.53. The van der Waals surface area contributed by atoms with Gasteiger partial charge in [-0.05, 0) is 50.9 Å². The fraction of sp³-hybridized carbons (Fsp3) is 0.800. The van der Waals surface area contributed by atoms with Crippen LogP contribution in [0, 0.1) is 5.92 Å². The van der Waals surface area contributed by atoms with Crippen molar-refractivity contribution in [3.05, 3.63) is 15.6 Å². The van der Waals surface area contributed by atoms with Gasteiger partial charge in [0.2, 0.25) is 0 Å². The summed E-state index contributed by atoms with van der Waals surface area (Å²) in [5.74, 6) is 1.70. The maximum absolute atomic E-state index is 6.18. The molecule has 3 rings (SSSR count). The number of aryl methyl sites for hydroxylation is 1. The summed E-state index contributed by atoms with van der Waals surface area (Å²) in [5.41, 5.74) is 7.41. The number of nitrogens with zero attached hydrogens (tertiary/aromatic N) is 1. The van der Waals surface area contributed by atoms with Gasteiger partial charge in [0.15, 0.2) is 0 Å². The Morgan fingerprint density at radius 2 is 2.00 bits per heavy atom. The van der Waals surface area contributed by atoms with Crippen molar-refractivity contribution in [2.45, 2.75) is 70.3 Å². The molecule has 0 amide bonds. The second-order valence-electron chi connectivity index (χ2n) is 5.99. The van der Waals surface area contributed by atoms with Crippen LogP contribution in [0.25, 0.3) is 0 Å². The highest BCUT2D eigenvalue weighted by atomic mass is 32.1. The number of rotatable bonds is 2. The van der Waals surface area contributed by atoms with Crippen molar-refractivity contribution in [2.75, 3.05) is 0 Å². The molecule has 0 saturated heterocycles. The van der Waals surface area contributed by atoms with Crippen molar-refractivity contribution in [1.29, 1.82) is 0 Å². The first-order chi connectivity index (χ1) is 8.78. The van der Waals surface area contributed by atoms with Crippen molar-refractivity contribution in [2.24, 2.45) is 11.7 Å². The molecule has 3 heteroatoms. The zero-order valence-electron chi connectivity index (χ0n) is 11.3. The van der Waals surface area contributed by atoms with E-state index in [1.807, 2.05) is 11.3 Å². The normalized spacial score (nSPS) is 32.2. The third-order valence-electron chi connectivity index (χ3n) is 4.79. The number of hydrogen-bond donors (Lipinski definition) is 1. The Morgan fingerprint density at radius 3 is 2.67 bits per heavy atom. The molecule has 1 atom stereocenters. The zero-order valence-corrected chi connectivity index (χ0v) is 12.1. The Hall–Kier alpha value is -0.410. The largest absolute Gasteiger partial charge is 0.323 e. The summed E-state index contributed by atoms with van der Waals surface area (Å²) >= 11 is 1.96. The van der Waals surface area contributed by atoms with E-state index in [4.69, 9.17) is 10.7 Å². The minimum absolute atomic E-state index is 0.214. The number of aromatic nitrogens is 1. The van der Waals surface area contributed by atoms with E-state index in [2.05, 4.69) is 6.92 Å². The molecule has 0 spiro atoms. The first-order valence-corrected chi connectivity index (χ1v) is 8.34. The van der Waals surface area contributed by atoms with E-state index in [1.54, 1.807) is 0 Å². The molecule has 2 nitrogen and oxygen atoms in total. The summed E-state index contributed by atoms with van der Waals surface area (Å²) in [5, 5.41) is 1.40. The highest BCUT2D eigenvalue weighted by molar-refractivity contribution is 7.11. The molecule has 0 aromatic carbocycles. The Balaban J connectivity index is 1.74. The van der Waals surface area contributed by atoms with Gasteiger partial charge >= 0.3 is 0 Å². The fourth-order valence-electron chi connectivity index (χ4n) is 3.46. The molecular weight excluding hydrogens is 240 g/mol. The predicted molar refractivity (Wildman–Crippen MR) is 77.0 cm³/mol. The standard InChI is InChI=1S/C15H24N2S/c1-2-10-6-8-11(9-7-10)15-17-14-12(16)4-3-5-13(14)18-15/h10-12H,2-9,16H2,1H3. The number of nitrogens with two attached hydrogens (primary N) is 1. The van der Waals surface area contributed by atoms with E-state index in [0.717, 1.165) is 18.3 Å². The maximum atomic E-state index is 6.18. The van der Waals surface area contributed by atoms with Gasteiger partial charge in [0.05, 0.1) is 10.7 Å². The fourth-order valence-corrected chi connectivity index (χ4v) is 4.81. The summed E-state index contributed by atoms with van der Waals surface area (Å²) < 4.78 is 0. The van der Waals surface area contributed by atoms with E-state index in [1.165, 1.54) is 60.5 Å². The molecule has 0 bridgehead atoms. The van der Waals surface area contributed by atoms with Crippen LogP contribution < -0.4 is 5.73 Å². The molecule has 1 fully saturated rings. The van der Waals surface area contributed by atoms with Gasteiger partial charge in [-0.3, -0.25) is 0 Å². The molecule has 18 heavy (non-hydrogen) atoms. The molecule has 0 aliphatic heterocycles. The average molecular weight is 264 g/mol. The monoisotopic (exact) mass is 264 g/mol. The molecule has 2 N–H and O–H groups in total. The third-order valence-corrected chi connectivity index (χ3v) is 6.08. The van der Waals surface area contributed by atoms with Gasteiger partial charge in [0.1, 0.15) is 0 Å². The predicted octanol–water partition coefficient (Wildman–Crippen LogP) is 4.16. The van der Waals surface area contributed by atoms with Crippen molar-refractivity contribution in [1.82, 2.24) is 4.98 Å². The van der Waals surface area contributed by atoms with E-state index in [0.29, 0.717) is 0 Å². The van der Waals surface area contributed by atoms with Gasteiger partial charge in [-0.25, -0.2) is 4.98 Å². The van der Waals surface area contributed by atoms with E-state index in [-0.39, 0.29) is 6.04 Å². The minimum atomic E-state index is 0.214. The zero-order chi connectivity index (χ0) is 12.5. The molecule has 100 valence electrons. The van der Waals surface area contributed by atoms with Gasteiger partial charge in [-0.2, -0.15) is 0 Å². The Labute approximate surface area is 114 Å². The smallest absolute Gasteiger partial charge is 0.0962 e. The van der Waals surface area contributed by atoms with E-state index in [9.17, 15) is 0 Å². The summed E-state index contributed by atoms with van der Waals surface area (Å²) in [6.45, 7) is 2.33. The number of fused-ring (bicyclic) bond motifs is 1. The van der Waals surface area contributed by atoms with Crippen LogP contribution in [0.3, 0.4) is 0 Å². The number of thiazole rings is 1. The van der Waals surface area contributed by atoms with Gasteiger partial charge in [0, 0.05) is 16.8 Å². The van der Waals surface area contributed by atoms with Crippen molar-refractivity contribution in [3.63, 3.8) is 0 Å². The van der Waals surface area contributed by atoms with Crippen molar-refractivity contribution >= 4 is 11.3 Å². The highest BCUT2D eigenvalue weighted by Crippen LogP contribution is 2.41. The molecule has 2 aliphatic rings. The Kier molecular flexibility index (Phi) is 3.71. The average Bonchev–Trinajstić information content (AvgIpc) is 2.84. The molecule has 2 aliphatic carbocycles. The maximum Gasteiger partial charge on any atom is 0.0962 e. The third kappa shape index (κ3) is 2.35. The summed E-state index contributed by atoms with van der Waals surface area (Å²) in [6.07, 6.45) is 10.4. The first kappa shape index (κ1) is 12.6. The van der Waals surface area contributed by atoms with Crippen LogP contribution in [0.4, 0.5) is 0 Å². The molecule has 1 unspecified atom stereocenters. The van der Waals surface area contributed by atoms with Gasteiger partial charge in [0.25, 0.3) is 0 Å². The van der Waals surface area contributed by atoms with Crippen LogP contribution in [0.2, 0.25) is 0 Å². The van der Waals surface area contributed by atoms with E-state index >= 15 is 0 Å². The molecule has 1 heterocycles. The van der Waals surface area contributed by atoms with Crippen molar-refractivity contribution < 1.29 is 0 Å². The lowest BCUT2D eigenvalue weighted by molar-refractivity contribution is 0.318. The lowest BCUT2D eigenvalue weighted by atomic mass is 9.81. The van der Waals surface area contributed by atoms with Crippen LogP contribution in [0.5, 0.6) is 0 Å². The van der Waals surface area contributed by atoms with Gasteiger partial charge in [-0.15, -0.1) is 11.3 Å². The minimum Gasteiger partial charge on any atom is -0.323 e. The molecule has 1 aromatic rings. The van der Waals surface area contributed by atoms with Crippen molar-refractivity contribution in [3.8, 4) is 0 Å². The lowest BCUT2D eigenvalue weighted by Crippen LogP contribution is -2.17. The molecule has 1 aromatic heterocycles. The second-order valence-corrected chi connectivity index (χ2v) is 7.10. The topological polar surface area (TPSA) is 38.9 Å². The summed E-state index contributed by atoms with van der Waals surface area (Å²) in [7, 11) is 0. The lowest BCUT2D eigenvalue weighted by Gasteiger charge is -2.26. The SMILES string of the molecule is CCC1CCC(c2nc3c(s2)CCCC3N)CC1. The van der Waals surface area contributed by atoms with Crippen LogP contribution in [-0.2, 0) is 6.42 Å². The molecule has 0 radical (unpaired) electrons. The van der Waals surface area contributed by atoms with Gasteiger partial charge < -0.3 is 5.73 Å². The summed E-state index contributed by atoms with van der Waals surface area (Å²) in [4.78, 5) is 6.39. The second kappa shape index (κ2) is 5.30. The summed E-state index contributed by atoms with van der Waals surface area (Å²) in [6, 6.07) is 0.214. The quantitative estimate of drug-likeness (QED) is 0.871. The van der Waals surface area contributed by atoms with Crippen LogP contribution in [0.15, 0.2) is 0 Å². The van der Waals surface area contributed by atoms with Crippen LogP contribution in [-0.4, -0.2) is 4.98 Å². The molecule has 1 saturated carbocycles.